The second-order valence-corrected chi connectivity index (χ2v) is 7.76. The van der Waals surface area contributed by atoms with Crippen molar-refractivity contribution in [2.45, 2.75) is 0 Å². The second kappa shape index (κ2) is 9.56. The SMILES string of the molecule is N#Cc1ccc(C(=O)Nc2ccc(-c3csc(NC(=O)c4ccc(C#N)cc4)n3)cc2)cc1. The first kappa shape index (κ1) is 21.4. The summed E-state index contributed by atoms with van der Waals surface area (Å²) < 4.78 is 0. The minimum absolute atomic E-state index is 0.270. The van der Waals surface area contributed by atoms with Crippen LogP contribution in [0.3, 0.4) is 0 Å². The summed E-state index contributed by atoms with van der Waals surface area (Å²) in [7, 11) is 0. The molecule has 7 nitrogen and oxygen atoms in total. The molecule has 0 unspecified atom stereocenters. The van der Waals surface area contributed by atoms with Gasteiger partial charge in [0.15, 0.2) is 5.13 Å². The van der Waals surface area contributed by atoms with Crippen molar-refractivity contribution in [3.8, 4) is 23.4 Å². The molecule has 0 atom stereocenters. The highest BCUT2D eigenvalue weighted by atomic mass is 32.1. The molecule has 1 aromatic heterocycles. The Morgan fingerprint density at radius 1 is 0.727 bits per heavy atom. The molecule has 158 valence electrons. The van der Waals surface area contributed by atoms with Gasteiger partial charge in [0.2, 0.25) is 0 Å². The minimum atomic E-state index is -0.304. The molecule has 0 radical (unpaired) electrons. The maximum atomic E-state index is 12.4. The van der Waals surface area contributed by atoms with Gasteiger partial charge in [0.1, 0.15) is 0 Å². The molecule has 8 heteroatoms. The van der Waals surface area contributed by atoms with Crippen LogP contribution in [0.2, 0.25) is 0 Å². The van der Waals surface area contributed by atoms with E-state index in [1.165, 1.54) is 11.3 Å². The Labute approximate surface area is 193 Å². The monoisotopic (exact) mass is 449 g/mol. The van der Waals surface area contributed by atoms with Crippen molar-refractivity contribution >= 4 is 34.0 Å². The van der Waals surface area contributed by atoms with Gasteiger partial charge in [-0.3, -0.25) is 14.9 Å². The molecule has 1 heterocycles. The fourth-order valence-electron chi connectivity index (χ4n) is 2.95. The largest absolute Gasteiger partial charge is 0.322 e. The van der Waals surface area contributed by atoms with Gasteiger partial charge in [-0.2, -0.15) is 10.5 Å². The zero-order chi connectivity index (χ0) is 23.2. The van der Waals surface area contributed by atoms with Crippen molar-refractivity contribution in [2.24, 2.45) is 0 Å². The van der Waals surface area contributed by atoms with E-state index in [1.807, 2.05) is 29.7 Å². The van der Waals surface area contributed by atoms with Crippen LogP contribution in [0.15, 0.2) is 78.2 Å². The maximum absolute atomic E-state index is 12.4. The van der Waals surface area contributed by atoms with Gasteiger partial charge in [-0.25, -0.2) is 4.98 Å². The highest BCUT2D eigenvalue weighted by Crippen LogP contribution is 2.26. The number of anilines is 2. The molecule has 0 spiro atoms. The van der Waals surface area contributed by atoms with E-state index in [0.29, 0.717) is 38.8 Å². The molecule has 0 bridgehead atoms. The molecule has 3 aromatic carbocycles. The predicted molar refractivity (Wildman–Crippen MR) is 126 cm³/mol. The van der Waals surface area contributed by atoms with E-state index in [4.69, 9.17) is 10.5 Å². The van der Waals surface area contributed by atoms with E-state index in [0.717, 1.165) is 5.56 Å². The van der Waals surface area contributed by atoms with Crippen molar-refractivity contribution in [3.05, 3.63) is 100 Å². The van der Waals surface area contributed by atoms with E-state index >= 15 is 0 Å². The van der Waals surface area contributed by atoms with Crippen LogP contribution >= 0.6 is 11.3 Å². The molecular formula is C25H15N5O2S. The first-order chi connectivity index (χ1) is 16.1. The summed E-state index contributed by atoms with van der Waals surface area (Å²) in [5, 5.41) is 25.6. The van der Waals surface area contributed by atoms with Crippen LogP contribution in [0, 0.1) is 22.7 Å². The lowest BCUT2D eigenvalue weighted by Crippen LogP contribution is -2.11. The van der Waals surface area contributed by atoms with Gasteiger partial charge < -0.3 is 5.32 Å². The quantitative estimate of drug-likeness (QED) is 0.441. The lowest BCUT2D eigenvalue weighted by atomic mass is 10.1. The highest BCUT2D eigenvalue weighted by molar-refractivity contribution is 7.14. The van der Waals surface area contributed by atoms with Crippen molar-refractivity contribution in [1.82, 2.24) is 4.98 Å². The Balaban J connectivity index is 1.40. The van der Waals surface area contributed by atoms with Gasteiger partial charge in [-0.1, -0.05) is 12.1 Å². The summed E-state index contributed by atoms with van der Waals surface area (Å²) in [4.78, 5) is 29.2. The molecule has 0 aliphatic carbocycles. The van der Waals surface area contributed by atoms with E-state index in [9.17, 15) is 9.59 Å². The Hall–Kier alpha value is -4.79. The van der Waals surface area contributed by atoms with Gasteiger partial charge in [-0.15, -0.1) is 11.3 Å². The van der Waals surface area contributed by atoms with Gasteiger partial charge in [0.25, 0.3) is 11.8 Å². The van der Waals surface area contributed by atoms with Gasteiger partial charge in [-0.05, 0) is 60.7 Å². The van der Waals surface area contributed by atoms with Crippen molar-refractivity contribution in [2.75, 3.05) is 10.6 Å². The van der Waals surface area contributed by atoms with E-state index in [-0.39, 0.29) is 11.8 Å². The van der Waals surface area contributed by atoms with Crippen LogP contribution in [-0.4, -0.2) is 16.8 Å². The van der Waals surface area contributed by atoms with Crippen LogP contribution in [-0.2, 0) is 0 Å². The summed E-state index contributed by atoms with van der Waals surface area (Å²) in [6, 6.07) is 24.0. The fourth-order valence-corrected chi connectivity index (χ4v) is 3.67. The van der Waals surface area contributed by atoms with Crippen molar-refractivity contribution in [3.63, 3.8) is 0 Å². The number of amides is 2. The zero-order valence-corrected chi connectivity index (χ0v) is 17.9. The molecule has 0 aliphatic heterocycles. The Morgan fingerprint density at radius 3 is 1.76 bits per heavy atom. The topological polar surface area (TPSA) is 119 Å². The molecule has 0 aliphatic rings. The Kier molecular flexibility index (Phi) is 6.21. The maximum Gasteiger partial charge on any atom is 0.257 e. The fraction of sp³-hybridized carbons (Fsp3) is 0. The van der Waals surface area contributed by atoms with Crippen molar-refractivity contribution in [1.29, 1.82) is 10.5 Å². The predicted octanol–water partition coefficient (Wildman–Crippen LogP) is 5.06. The van der Waals surface area contributed by atoms with Crippen LogP contribution in [0.5, 0.6) is 0 Å². The molecule has 0 saturated heterocycles. The number of nitrogens with zero attached hydrogens (tertiary/aromatic N) is 3. The standard InChI is InChI=1S/C25H15N5O2S/c26-13-16-1-5-19(6-2-16)23(31)28-21-11-9-18(10-12-21)22-15-33-25(29-22)30-24(32)20-7-3-17(14-27)4-8-20/h1-12,15H,(H,28,31)(H,29,30,32). The number of hydrogen-bond acceptors (Lipinski definition) is 6. The van der Waals surface area contributed by atoms with Crippen molar-refractivity contribution < 1.29 is 9.59 Å². The number of benzene rings is 3. The van der Waals surface area contributed by atoms with Crippen LogP contribution in [0.25, 0.3) is 11.3 Å². The van der Waals surface area contributed by atoms with E-state index < -0.39 is 0 Å². The van der Waals surface area contributed by atoms with Crippen LogP contribution < -0.4 is 10.6 Å². The molecule has 2 N–H and O–H groups in total. The smallest absolute Gasteiger partial charge is 0.257 e. The molecule has 4 rings (SSSR count). The second-order valence-electron chi connectivity index (χ2n) is 6.90. The third-order valence-electron chi connectivity index (χ3n) is 4.72. The molecular weight excluding hydrogens is 434 g/mol. The average molecular weight is 449 g/mol. The van der Waals surface area contributed by atoms with Gasteiger partial charge in [0, 0.05) is 27.8 Å². The molecule has 2 amide bonds. The lowest BCUT2D eigenvalue weighted by Gasteiger charge is -2.06. The molecule has 0 saturated carbocycles. The number of carbonyl (C=O) groups is 2. The summed E-state index contributed by atoms with van der Waals surface area (Å²) in [6.45, 7) is 0. The third-order valence-corrected chi connectivity index (χ3v) is 5.47. The number of carbonyl (C=O) groups excluding carboxylic acids is 2. The number of nitriles is 2. The summed E-state index contributed by atoms with van der Waals surface area (Å²) in [5.74, 6) is -0.574. The number of thiazole rings is 1. The number of rotatable bonds is 5. The number of hydrogen-bond donors (Lipinski definition) is 2. The summed E-state index contributed by atoms with van der Waals surface area (Å²) in [5.41, 5.74) is 4.03. The molecule has 33 heavy (non-hydrogen) atoms. The van der Waals surface area contributed by atoms with E-state index in [1.54, 1.807) is 60.7 Å². The van der Waals surface area contributed by atoms with Crippen LogP contribution in [0.4, 0.5) is 10.8 Å². The van der Waals surface area contributed by atoms with Crippen LogP contribution in [0.1, 0.15) is 31.8 Å². The first-order valence-electron chi connectivity index (χ1n) is 9.75. The minimum Gasteiger partial charge on any atom is -0.322 e. The zero-order valence-electron chi connectivity index (χ0n) is 17.1. The molecule has 4 aromatic rings. The Bertz CT molecular complexity index is 1390. The highest BCUT2D eigenvalue weighted by Gasteiger charge is 2.11. The summed E-state index contributed by atoms with van der Waals surface area (Å²) in [6.07, 6.45) is 0. The van der Waals surface area contributed by atoms with E-state index in [2.05, 4.69) is 15.6 Å². The average Bonchev–Trinajstić information content (AvgIpc) is 3.33. The normalized spacial score (nSPS) is 10.0. The Morgan fingerprint density at radius 2 is 1.24 bits per heavy atom. The number of aromatic nitrogens is 1. The van der Waals surface area contributed by atoms with Gasteiger partial charge in [0.05, 0.1) is 29.0 Å². The molecule has 0 fully saturated rings. The first-order valence-corrected chi connectivity index (χ1v) is 10.6. The van der Waals surface area contributed by atoms with Gasteiger partial charge >= 0.3 is 0 Å². The third kappa shape index (κ3) is 5.10. The lowest BCUT2D eigenvalue weighted by molar-refractivity contribution is 0.101. The number of nitrogens with one attached hydrogen (secondary N) is 2. The summed E-state index contributed by atoms with van der Waals surface area (Å²) >= 11 is 1.30.